The van der Waals surface area contributed by atoms with Crippen molar-refractivity contribution in [2.45, 2.75) is 31.5 Å². The molecule has 0 bridgehead atoms. The first-order valence-corrected chi connectivity index (χ1v) is 9.05. The number of hydrogen-bond acceptors (Lipinski definition) is 3. The number of thioether (sulfide) groups is 1. The van der Waals surface area contributed by atoms with Crippen molar-refractivity contribution in [3.63, 3.8) is 0 Å². The number of rotatable bonds is 5. The van der Waals surface area contributed by atoms with Crippen molar-refractivity contribution in [2.75, 3.05) is 5.75 Å². The van der Waals surface area contributed by atoms with Gasteiger partial charge in [0.25, 0.3) is 5.91 Å². The van der Waals surface area contributed by atoms with Gasteiger partial charge in [0.2, 0.25) is 0 Å². The highest BCUT2D eigenvalue weighted by molar-refractivity contribution is 7.99. The average Bonchev–Trinajstić information content (AvgIpc) is 3.02. The van der Waals surface area contributed by atoms with Crippen LogP contribution >= 0.6 is 23.4 Å². The van der Waals surface area contributed by atoms with E-state index in [1.165, 1.54) is 11.1 Å². The van der Waals surface area contributed by atoms with Crippen LogP contribution in [0.3, 0.4) is 0 Å². The third kappa shape index (κ3) is 3.89. The van der Waals surface area contributed by atoms with Gasteiger partial charge in [-0.2, -0.15) is 0 Å². The van der Waals surface area contributed by atoms with Gasteiger partial charge in [0.1, 0.15) is 0 Å². The van der Waals surface area contributed by atoms with Crippen molar-refractivity contribution in [1.82, 2.24) is 10.6 Å². The molecule has 2 aromatic carbocycles. The molecule has 0 saturated carbocycles. The summed E-state index contributed by atoms with van der Waals surface area (Å²) < 4.78 is 0. The van der Waals surface area contributed by atoms with Gasteiger partial charge in [0.15, 0.2) is 0 Å². The molecule has 0 aliphatic carbocycles. The van der Waals surface area contributed by atoms with E-state index < -0.39 is 0 Å². The van der Waals surface area contributed by atoms with Crippen LogP contribution in [0.15, 0.2) is 41.3 Å². The molecule has 0 atom stereocenters. The molecule has 1 aliphatic heterocycles. The molecule has 120 valence electrons. The minimum Gasteiger partial charge on any atom is -0.348 e. The van der Waals surface area contributed by atoms with Crippen LogP contribution in [-0.4, -0.2) is 11.7 Å². The van der Waals surface area contributed by atoms with E-state index in [9.17, 15) is 4.79 Å². The molecule has 0 aromatic heterocycles. The van der Waals surface area contributed by atoms with E-state index in [1.807, 2.05) is 12.1 Å². The van der Waals surface area contributed by atoms with E-state index >= 15 is 0 Å². The van der Waals surface area contributed by atoms with Gasteiger partial charge >= 0.3 is 0 Å². The van der Waals surface area contributed by atoms with Crippen LogP contribution in [0.25, 0.3) is 0 Å². The maximum Gasteiger partial charge on any atom is 0.252 e. The molecule has 1 heterocycles. The maximum atomic E-state index is 12.5. The Hall–Kier alpha value is -1.49. The van der Waals surface area contributed by atoms with Crippen molar-refractivity contribution in [2.24, 2.45) is 0 Å². The number of benzene rings is 2. The lowest BCUT2D eigenvalue weighted by Crippen LogP contribution is -2.23. The van der Waals surface area contributed by atoms with Gasteiger partial charge in [-0.3, -0.25) is 4.79 Å². The van der Waals surface area contributed by atoms with Crippen LogP contribution < -0.4 is 10.6 Å². The Balaban J connectivity index is 1.71. The molecule has 23 heavy (non-hydrogen) atoms. The molecule has 0 spiro atoms. The van der Waals surface area contributed by atoms with Gasteiger partial charge in [-0.25, -0.2) is 0 Å². The standard InChI is InChI=1S/C18H19ClN2OS/c1-2-23-17-6-5-15(19)8-16(17)18(22)21-9-12-3-4-13-10-20-11-14(13)7-12/h3-8,20H,2,9-11H2,1H3,(H,21,22). The molecule has 0 saturated heterocycles. The van der Waals surface area contributed by atoms with Crippen LogP contribution in [-0.2, 0) is 19.6 Å². The van der Waals surface area contributed by atoms with Crippen LogP contribution in [0.1, 0.15) is 34.0 Å². The zero-order chi connectivity index (χ0) is 16.2. The van der Waals surface area contributed by atoms with Gasteiger partial charge in [-0.05, 0) is 40.6 Å². The van der Waals surface area contributed by atoms with E-state index in [4.69, 9.17) is 11.6 Å². The van der Waals surface area contributed by atoms with E-state index in [0.717, 1.165) is 29.3 Å². The second-order valence-electron chi connectivity index (χ2n) is 5.46. The second-order valence-corrected chi connectivity index (χ2v) is 7.21. The number of hydrogen-bond donors (Lipinski definition) is 2. The number of halogens is 1. The Bertz CT molecular complexity index is 733. The molecular weight excluding hydrogens is 328 g/mol. The van der Waals surface area contributed by atoms with Crippen molar-refractivity contribution in [1.29, 1.82) is 0 Å². The van der Waals surface area contributed by atoms with Crippen LogP contribution in [0, 0.1) is 0 Å². The fraction of sp³-hybridized carbons (Fsp3) is 0.278. The summed E-state index contributed by atoms with van der Waals surface area (Å²) in [6.07, 6.45) is 0. The van der Waals surface area contributed by atoms with Crippen molar-refractivity contribution in [3.8, 4) is 0 Å². The Kier molecular flexibility index (Phi) is 5.26. The third-order valence-electron chi connectivity index (χ3n) is 3.84. The lowest BCUT2D eigenvalue weighted by Gasteiger charge is -2.11. The zero-order valence-corrected chi connectivity index (χ0v) is 14.6. The summed E-state index contributed by atoms with van der Waals surface area (Å²) >= 11 is 7.70. The third-order valence-corrected chi connectivity index (χ3v) is 5.03. The van der Waals surface area contributed by atoms with E-state index in [0.29, 0.717) is 17.1 Å². The minimum absolute atomic E-state index is 0.0814. The van der Waals surface area contributed by atoms with E-state index in [1.54, 1.807) is 17.8 Å². The molecule has 0 radical (unpaired) electrons. The summed E-state index contributed by atoms with van der Waals surface area (Å²) in [7, 11) is 0. The Morgan fingerprint density at radius 1 is 1.22 bits per heavy atom. The van der Waals surface area contributed by atoms with Crippen molar-refractivity contribution in [3.05, 3.63) is 63.7 Å². The number of fused-ring (bicyclic) bond motifs is 1. The fourth-order valence-corrected chi connectivity index (χ4v) is 3.65. The summed E-state index contributed by atoms with van der Waals surface area (Å²) in [6.45, 7) is 4.43. The normalized spacial score (nSPS) is 13.0. The molecule has 1 amide bonds. The summed E-state index contributed by atoms with van der Waals surface area (Å²) in [4.78, 5) is 13.5. The van der Waals surface area contributed by atoms with Gasteiger partial charge in [-0.1, -0.05) is 36.7 Å². The highest BCUT2D eigenvalue weighted by atomic mass is 35.5. The van der Waals surface area contributed by atoms with E-state index in [-0.39, 0.29) is 5.91 Å². The lowest BCUT2D eigenvalue weighted by atomic mass is 10.1. The number of carbonyl (C=O) groups excluding carboxylic acids is 1. The zero-order valence-electron chi connectivity index (χ0n) is 13.0. The molecule has 1 aliphatic rings. The first-order valence-electron chi connectivity index (χ1n) is 7.69. The molecular formula is C18H19ClN2OS. The maximum absolute atomic E-state index is 12.5. The molecule has 0 unspecified atom stereocenters. The quantitative estimate of drug-likeness (QED) is 0.804. The molecule has 2 N–H and O–H groups in total. The van der Waals surface area contributed by atoms with Crippen LogP contribution in [0.5, 0.6) is 0 Å². The topological polar surface area (TPSA) is 41.1 Å². The highest BCUT2D eigenvalue weighted by Gasteiger charge is 2.13. The molecule has 2 aromatic rings. The summed E-state index contributed by atoms with van der Waals surface area (Å²) in [5, 5.41) is 6.91. The van der Waals surface area contributed by atoms with Crippen molar-refractivity contribution >= 4 is 29.3 Å². The first-order chi connectivity index (χ1) is 11.2. The predicted octanol–water partition coefficient (Wildman–Crippen LogP) is 3.99. The van der Waals surface area contributed by atoms with E-state index in [2.05, 4.69) is 35.8 Å². The van der Waals surface area contributed by atoms with Crippen LogP contribution in [0.2, 0.25) is 5.02 Å². The summed E-state index contributed by atoms with van der Waals surface area (Å²) in [6, 6.07) is 11.8. The number of amides is 1. The average molecular weight is 347 g/mol. The molecule has 3 rings (SSSR count). The highest BCUT2D eigenvalue weighted by Crippen LogP contribution is 2.25. The summed E-state index contributed by atoms with van der Waals surface area (Å²) in [5.74, 6) is 0.835. The molecule has 5 heteroatoms. The fourth-order valence-electron chi connectivity index (χ4n) is 2.70. The van der Waals surface area contributed by atoms with Gasteiger partial charge in [-0.15, -0.1) is 11.8 Å². The van der Waals surface area contributed by atoms with Crippen LogP contribution in [0.4, 0.5) is 0 Å². The van der Waals surface area contributed by atoms with Gasteiger partial charge in [0, 0.05) is 29.6 Å². The summed E-state index contributed by atoms with van der Waals surface area (Å²) in [5.41, 5.74) is 4.43. The van der Waals surface area contributed by atoms with Crippen molar-refractivity contribution < 1.29 is 4.79 Å². The Morgan fingerprint density at radius 2 is 2.04 bits per heavy atom. The Morgan fingerprint density at radius 3 is 2.87 bits per heavy atom. The smallest absolute Gasteiger partial charge is 0.252 e. The second kappa shape index (κ2) is 7.39. The predicted molar refractivity (Wildman–Crippen MR) is 96.0 cm³/mol. The van der Waals surface area contributed by atoms with Gasteiger partial charge in [0.05, 0.1) is 5.56 Å². The lowest BCUT2D eigenvalue weighted by molar-refractivity contribution is 0.0948. The Labute approximate surface area is 145 Å². The number of carbonyl (C=O) groups is 1. The molecule has 3 nitrogen and oxygen atoms in total. The minimum atomic E-state index is -0.0814. The largest absolute Gasteiger partial charge is 0.348 e. The molecule has 0 fully saturated rings. The first kappa shape index (κ1) is 16.4. The van der Waals surface area contributed by atoms with Gasteiger partial charge < -0.3 is 10.6 Å². The monoisotopic (exact) mass is 346 g/mol. The SMILES string of the molecule is CCSc1ccc(Cl)cc1C(=O)NCc1ccc2c(c1)CNC2. The number of nitrogens with one attached hydrogen (secondary N) is 2.